The molecule has 0 amide bonds. The molecule has 0 radical (unpaired) electrons. The summed E-state index contributed by atoms with van der Waals surface area (Å²) < 4.78 is 0. The van der Waals surface area contributed by atoms with Gasteiger partial charge in [0.2, 0.25) is 0 Å². The summed E-state index contributed by atoms with van der Waals surface area (Å²) in [6.45, 7) is 2.02. The molecule has 0 unspecified atom stereocenters. The van der Waals surface area contributed by atoms with Crippen LogP contribution in [-0.2, 0) is 0 Å². The Morgan fingerprint density at radius 2 is 1.92 bits per heavy atom. The fourth-order valence-electron chi connectivity index (χ4n) is 1.13. The highest BCUT2D eigenvalue weighted by Gasteiger charge is 2.00. The average molecular weight is 207 g/mol. The van der Waals surface area contributed by atoms with E-state index in [0.717, 1.165) is 21.2 Å². The van der Waals surface area contributed by atoms with Crippen LogP contribution in [0, 0.1) is 6.92 Å². The molecule has 0 spiro atoms. The second kappa shape index (κ2) is 3.52. The summed E-state index contributed by atoms with van der Waals surface area (Å²) in [6.07, 6.45) is 0. The molecule has 0 fully saturated rings. The SMILES string of the molecule is Cc1nc(-c2ccc(S)cc2)cs1. The Morgan fingerprint density at radius 1 is 1.23 bits per heavy atom. The van der Waals surface area contributed by atoms with E-state index in [1.807, 2.05) is 31.2 Å². The molecule has 0 N–H and O–H groups in total. The van der Waals surface area contributed by atoms with Gasteiger partial charge in [0.05, 0.1) is 10.7 Å². The molecule has 0 aliphatic heterocycles. The normalized spacial score (nSPS) is 10.3. The van der Waals surface area contributed by atoms with Gasteiger partial charge in [-0.2, -0.15) is 0 Å². The molecule has 1 aromatic heterocycles. The van der Waals surface area contributed by atoms with Crippen LogP contribution < -0.4 is 0 Å². The molecule has 2 rings (SSSR count). The average Bonchev–Trinajstić information content (AvgIpc) is 2.53. The minimum Gasteiger partial charge on any atom is -0.242 e. The molecule has 2 aromatic rings. The van der Waals surface area contributed by atoms with Crippen molar-refractivity contribution >= 4 is 24.0 Å². The number of hydrogen-bond acceptors (Lipinski definition) is 3. The summed E-state index contributed by atoms with van der Waals surface area (Å²) in [5.74, 6) is 0. The first-order valence-electron chi connectivity index (χ1n) is 3.97. The van der Waals surface area contributed by atoms with E-state index in [-0.39, 0.29) is 0 Å². The van der Waals surface area contributed by atoms with Gasteiger partial charge in [-0.25, -0.2) is 4.98 Å². The van der Waals surface area contributed by atoms with E-state index in [2.05, 4.69) is 23.0 Å². The Morgan fingerprint density at radius 3 is 2.46 bits per heavy atom. The van der Waals surface area contributed by atoms with Gasteiger partial charge in [-0.15, -0.1) is 24.0 Å². The fourth-order valence-corrected chi connectivity index (χ4v) is 1.90. The maximum atomic E-state index is 4.40. The van der Waals surface area contributed by atoms with Gasteiger partial charge < -0.3 is 0 Å². The van der Waals surface area contributed by atoms with Gasteiger partial charge in [0.15, 0.2) is 0 Å². The summed E-state index contributed by atoms with van der Waals surface area (Å²) in [5.41, 5.74) is 2.21. The molecule has 0 saturated carbocycles. The highest BCUT2D eigenvalue weighted by atomic mass is 32.1. The van der Waals surface area contributed by atoms with Crippen LogP contribution >= 0.6 is 24.0 Å². The van der Waals surface area contributed by atoms with Crippen molar-refractivity contribution in [2.45, 2.75) is 11.8 Å². The zero-order chi connectivity index (χ0) is 9.26. The van der Waals surface area contributed by atoms with E-state index in [1.54, 1.807) is 11.3 Å². The lowest BCUT2D eigenvalue weighted by molar-refractivity contribution is 1.29. The molecule has 0 bridgehead atoms. The molecule has 13 heavy (non-hydrogen) atoms. The van der Waals surface area contributed by atoms with E-state index >= 15 is 0 Å². The third-order valence-electron chi connectivity index (χ3n) is 1.78. The van der Waals surface area contributed by atoms with Crippen LogP contribution in [0.4, 0.5) is 0 Å². The predicted octanol–water partition coefficient (Wildman–Crippen LogP) is 3.41. The molecule has 1 nitrogen and oxygen atoms in total. The van der Waals surface area contributed by atoms with E-state index < -0.39 is 0 Å². The lowest BCUT2D eigenvalue weighted by atomic mass is 10.2. The van der Waals surface area contributed by atoms with E-state index in [9.17, 15) is 0 Å². The van der Waals surface area contributed by atoms with Crippen molar-refractivity contribution in [2.24, 2.45) is 0 Å². The lowest BCUT2D eigenvalue weighted by Gasteiger charge is -1.95. The van der Waals surface area contributed by atoms with Gasteiger partial charge in [0.1, 0.15) is 0 Å². The van der Waals surface area contributed by atoms with Crippen molar-refractivity contribution in [2.75, 3.05) is 0 Å². The molecule has 66 valence electrons. The maximum absolute atomic E-state index is 4.40. The van der Waals surface area contributed by atoms with E-state index in [4.69, 9.17) is 0 Å². The van der Waals surface area contributed by atoms with Gasteiger partial charge in [-0.1, -0.05) is 12.1 Å². The number of hydrogen-bond donors (Lipinski definition) is 1. The summed E-state index contributed by atoms with van der Waals surface area (Å²) >= 11 is 5.90. The zero-order valence-corrected chi connectivity index (χ0v) is 8.90. The van der Waals surface area contributed by atoms with Gasteiger partial charge in [-0.05, 0) is 19.1 Å². The Balaban J connectivity index is 2.41. The molecule has 0 aliphatic carbocycles. The standard InChI is InChI=1S/C10H9NS2/c1-7-11-10(6-13-7)8-2-4-9(12)5-3-8/h2-6,12H,1H3. The highest BCUT2D eigenvalue weighted by Crippen LogP contribution is 2.22. The number of rotatable bonds is 1. The largest absolute Gasteiger partial charge is 0.242 e. The van der Waals surface area contributed by atoms with Crippen molar-refractivity contribution < 1.29 is 0 Å². The van der Waals surface area contributed by atoms with E-state index in [1.165, 1.54) is 0 Å². The minimum absolute atomic E-state index is 0.982. The van der Waals surface area contributed by atoms with Gasteiger partial charge >= 0.3 is 0 Å². The molecule has 0 atom stereocenters. The molecule has 0 saturated heterocycles. The second-order valence-electron chi connectivity index (χ2n) is 2.80. The number of thiazole rings is 1. The third-order valence-corrected chi connectivity index (χ3v) is 2.85. The van der Waals surface area contributed by atoms with Gasteiger partial charge in [0, 0.05) is 15.8 Å². The monoisotopic (exact) mass is 207 g/mol. The number of aromatic nitrogens is 1. The fraction of sp³-hybridized carbons (Fsp3) is 0.100. The Hall–Kier alpha value is -0.800. The predicted molar refractivity (Wildman–Crippen MR) is 59.5 cm³/mol. The van der Waals surface area contributed by atoms with Crippen molar-refractivity contribution in [3.8, 4) is 11.3 Å². The maximum Gasteiger partial charge on any atom is 0.0901 e. The van der Waals surface area contributed by atoms with Crippen LogP contribution in [0.25, 0.3) is 11.3 Å². The number of nitrogens with zero attached hydrogens (tertiary/aromatic N) is 1. The molecular weight excluding hydrogens is 198 g/mol. The topological polar surface area (TPSA) is 12.9 Å². The first kappa shape index (κ1) is 8.78. The van der Waals surface area contributed by atoms with E-state index in [0.29, 0.717) is 0 Å². The molecule has 0 aliphatic rings. The number of aryl methyl sites for hydroxylation is 1. The van der Waals surface area contributed by atoms with Crippen LogP contribution in [0.3, 0.4) is 0 Å². The van der Waals surface area contributed by atoms with Crippen LogP contribution in [-0.4, -0.2) is 4.98 Å². The second-order valence-corrected chi connectivity index (χ2v) is 4.38. The summed E-state index contributed by atoms with van der Waals surface area (Å²) in [5, 5.41) is 3.17. The van der Waals surface area contributed by atoms with Crippen molar-refractivity contribution in [3.63, 3.8) is 0 Å². The molecule has 3 heteroatoms. The molecular formula is C10H9NS2. The first-order valence-corrected chi connectivity index (χ1v) is 5.30. The number of thiol groups is 1. The van der Waals surface area contributed by atoms with Crippen LogP contribution in [0.15, 0.2) is 34.5 Å². The van der Waals surface area contributed by atoms with Crippen molar-refractivity contribution in [3.05, 3.63) is 34.7 Å². The van der Waals surface area contributed by atoms with Gasteiger partial charge in [0.25, 0.3) is 0 Å². The van der Waals surface area contributed by atoms with Crippen molar-refractivity contribution in [1.29, 1.82) is 0 Å². The number of benzene rings is 1. The van der Waals surface area contributed by atoms with Crippen LogP contribution in [0.1, 0.15) is 5.01 Å². The quantitative estimate of drug-likeness (QED) is 0.707. The summed E-state index contributed by atoms with van der Waals surface area (Å²) in [7, 11) is 0. The lowest BCUT2D eigenvalue weighted by Crippen LogP contribution is -1.77. The molecule has 1 heterocycles. The first-order chi connectivity index (χ1) is 6.25. The van der Waals surface area contributed by atoms with Crippen molar-refractivity contribution in [1.82, 2.24) is 4.98 Å². The van der Waals surface area contributed by atoms with Crippen LogP contribution in [0.5, 0.6) is 0 Å². The third kappa shape index (κ3) is 1.92. The molecule has 1 aromatic carbocycles. The Labute approximate surface area is 86.9 Å². The summed E-state index contributed by atoms with van der Waals surface area (Å²) in [4.78, 5) is 5.39. The minimum atomic E-state index is 0.982. The Kier molecular flexibility index (Phi) is 2.38. The Bertz CT molecular complexity index is 403. The summed E-state index contributed by atoms with van der Waals surface area (Å²) in [6, 6.07) is 8.04. The highest BCUT2D eigenvalue weighted by molar-refractivity contribution is 7.80. The van der Waals surface area contributed by atoms with Crippen LogP contribution in [0.2, 0.25) is 0 Å². The van der Waals surface area contributed by atoms with Gasteiger partial charge in [-0.3, -0.25) is 0 Å². The smallest absolute Gasteiger partial charge is 0.0901 e. The zero-order valence-electron chi connectivity index (χ0n) is 7.19.